The zero-order valence-electron chi connectivity index (χ0n) is 8.77. The van der Waals surface area contributed by atoms with Gasteiger partial charge in [0.1, 0.15) is 0 Å². The third-order valence-corrected chi connectivity index (χ3v) is 3.35. The van der Waals surface area contributed by atoms with Crippen molar-refractivity contribution < 1.29 is 0 Å². The molecule has 0 aliphatic heterocycles. The molecule has 0 unspecified atom stereocenters. The van der Waals surface area contributed by atoms with Crippen LogP contribution in [0.5, 0.6) is 0 Å². The van der Waals surface area contributed by atoms with Crippen molar-refractivity contribution in [3.05, 3.63) is 0 Å². The highest BCUT2D eigenvalue weighted by Crippen LogP contribution is 2.19. The maximum atomic E-state index is 3.73. The van der Waals surface area contributed by atoms with E-state index in [0.29, 0.717) is 6.04 Å². The van der Waals surface area contributed by atoms with Crippen LogP contribution >= 0.6 is 0 Å². The average Bonchev–Trinajstić information content (AvgIpc) is 2.55. The second kappa shape index (κ2) is 4.86. The summed E-state index contributed by atoms with van der Waals surface area (Å²) in [5.74, 6) is 0.825. The van der Waals surface area contributed by atoms with Gasteiger partial charge >= 0.3 is 0 Å². The maximum absolute atomic E-state index is 3.73. The molecule has 0 radical (unpaired) electrons. The summed E-state index contributed by atoms with van der Waals surface area (Å²) in [5.41, 5.74) is 0. The van der Waals surface area contributed by atoms with Crippen molar-refractivity contribution in [2.75, 3.05) is 0 Å². The molecule has 0 amide bonds. The molecular weight excluding hydrogens is 146 g/mol. The molecule has 1 fully saturated rings. The standard InChI is InChI=1S/C11H23N/c1-4-9(2)10(3)12-11-7-5-6-8-11/h9-12H,4-8H2,1-3H3/t9-,10-/m0/s1. The quantitative estimate of drug-likeness (QED) is 0.682. The molecule has 2 atom stereocenters. The van der Waals surface area contributed by atoms with Crippen LogP contribution in [-0.4, -0.2) is 12.1 Å². The lowest BCUT2D eigenvalue weighted by atomic mass is 10.00. The van der Waals surface area contributed by atoms with E-state index in [9.17, 15) is 0 Å². The van der Waals surface area contributed by atoms with E-state index in [1.165, 1.54) is 32.1 Å². The molecule has 1 nitrogen and oxygen atoms in total. The van der Waals surface area contributed by atoms with Gasteiger partial charge in [-0.25, -0.2) is 0 Å². The smallest absolute Gasteiger partial charge is 0.00696 e. The van der Waals surface area contributed by atoms with Crippen LogP contribution in [0.2, 0.25) is 0 Å². The highest BCUT2D eigenvalue weighted by molar-refractivity contribution is 4.78. The Morgan fingerprint density at radius 1 is 1.25 bits per heavy atom. The molecule has 1 heteroatoms. The Labute approximate surface area is 76.9 Å². The topological polar surface area (TPSA) is 12.0 Å². The highest BCUT2D eigenvalue weighted by atomic mass is 15.0. The first-order valence-electron chi connectivity index (χ1n) is 5.50. The van der Waals surface area contributed by atoms with Crippen LogP contribution in [0.4, 0.5) is 0 Å². The Balaban J connectivity index is 2.19. The van der Waals surface area contributed by atoms with Gasteiger partial charge in [0.2, 0.25) is 0 Å². The Kier molecular flexibility index (Phi) is 4.07. The van der Waals surface area contributed by atoms with Gasteiger partial charge in [-0.15, -0.1) is 0 Å². The molecule has 12 heavy (non-hydrogen) atoms. The molecule has 1 saturated carbocycles. The molecule has 0 spiro atoms. The summed E-state index contributed by atoms with van der Waals surface area (Å²) in [6.45, 7) is 6.94. The van der Waals surface area contributed by atoms with Crippen LogP contribution in [0, 0.1) is 5.92 Å². The van der Waals surface area contributed by atoms with Gasteiger partial charge in [0.25, 0.3) is 0 Å². The van der Waals surface area contributed by atoms with E-state index in [0.717, 1.165) is 12.0 Å². The third kappa shape index (κ3) is 2.78. The van der Waals surface area contributed by atoms with Crippen molar-refractivity contribution in [2.24, 2.45) is 5.92 Å². The van der Waals surface area contributed by atoms with Crippen LogP contribution in [0.15, 0.2) is 0 Å². The molecule has 0 aromatic rings. The van der Waals surface area contributed by atoms with Crippen molar-refractivity contribution in [2.45, 2.75) is 65.0 Å². The molecule has 1 rings (SSSR count). The lowest BCUT2D eigenvalue weighted by Crippen LogP contribution is -2.38. The van der Waals surface area contributed by atoms with Crippen LogP contribution in [-0.2, 0) is 0 Å². The zero-order valence-corrected chi connectivity index (χ0v) is 8.77. The Morgan fingerprint density at radius 2 is 1.83 bits per heavy atom. The molecule has 1 aliphatic carbocycles. The fourth-order valence-electron chi connectivity index (χ4n) is 1.98. The monoisotopic (exact) mass is 169 g/mol. The molecule has 0 saturated heterocycles. The van der Waals surface area contributed by atoms with Crippen LogP contribution in [0.3, 0.4) is 0 Å². The van der Waals surface area contributed by atoms with Gasteiger partial charge in [-0.3, -0.25) is 0 Å². The van der Waals surface area contributed by atoms with Gasteiger partial charge in [0, 0.05) is 12.1 Å². The van der Waals surface area contributed by atoms with Gasteiger partial charge in [0.05, 0.1) is 0 Å². The Hall–Kier alpha value is -0.0400. The summed E-state index contributed by atoms with van der Waals surface area (Å²) in [4.78, 5) is 0. The second-order valence-corrected chi connectivity index (χ2v) is 4.32. The summed E-state index contributed by atoms with van der Waals surface area (Å²) in [5, 5.41) is 3.73. The number of rotatable bonds is 4. The van der Waals surface area contributed by atoms with Gasteiger partial charge in [0.15, 0.2) is 0 Å². The second-order valence-electron chi connectivity index (χ2n) is 4.32. The molecule has 0 aromatic carbocycles. The molecule has 0 aromatic heterocycles. The minimum Gasteiger partial charge on any atom is -0.311 e. The lowest BCUT2D eigenvalue weighted by molar-refractivity contribution is 0.349. The molecule has 1 aliphatic rings. The third-order valence-electron chi connectivity index (χ3n) is 3.35. The first-order valence-corrected chi connectivity index (χ1v) is 5.50. The Morgan fingerprint density at radius 3 is 2.33 bits per heavy atom. The number of hydrogen-bond acceptors (Lipinski definition) is 1. The first kappa shape index (κ1) is 10.0. The summed E-state index contributed by atoms with van der Waals surface area (Å²) < 4.78 is 0. The van der Waals surface area contributed by atoms with E-state index in [1.807, 2.05) is 0 Å². The molecule has 1 N–H and O–H groups in total. The van der Waals surface area contributed by atoms with Crippen LogP contribution in [0.25, 0.3) is 0 Å². The SMILES string of the molecule is CC[C@H](C)[C@H](C)NC1CCCC1. The molecule has 72 valence electrons. The molecular formula is C11H23N. The van der Waals surface area contributed by atoms with E-state index in [1.54, 1.807) is 0 Å². The minimum atomic E-state index is 0.707. The summed E-state index contributed by atoms with van der Waals surface area (Å²) >= 11 is 0. The van der Waals surface area contributed by atoms with E-state index < -0.39 is 0 Å². The predicted octanol–water partition coefficient (Wildman–Crippen LogP) is 2.95. The average molecular weight is 169 g/mol. The maximum Gasteiger partial charge on any atom is 0.00696 e. The normalized spacial score (nSPS) is 24.2. The molecule has 0 heterocycles. The van der Waals surface area contributed by atoms with Gasteiger partial charge in [-0.1, -0.05) is 33.1 Å². The van der Waals surface area contributed by atoms with Crippen molar-refractivity contribution in [1.82, 2.24) is 5.32 Å². The van der Waals surface area contributed by atoms with E-state index in [2.05, 4.69) is 26.1 Å². The predicted molar refractivity (Wildman–Crippen MR) is 54.3 cm³/mol. The first-order chi connectivity index (χ1) is 5.74. The lowest BCUT2D eigenvalue weighted by Gasteiger charge is -2.23. The van der Waals surface area contributed by atoms with E-state index >= 15 is 0 Å². The largest absolute Gasteiger partial charge is 0.311 e. The van der Waals surface area contributed by atoms with Crippen LogP contribution in [0.1, 0.15) is 52.9 Å². The molecule has 0 bridgehead atoms. The van der Waals surface area contributed by atoms with Gasteiger partial charge in [-0.05, 0) is 25.7 Å². The highest BCUT2D eigenvalue weighted by Gasteiger charge is 2.18. The van der Waals surface area contributed by atoms with Crippen molar-refractivity contribution in [3.8, 4) is 0 Å². The number of hydrogen-bond donors (Lipinski definition) is 1. The summed E-state index contributed by atoms with van der Waals surface area (Å²) in [6.07, 6.45) is 6.97. The van der Waals surface area contributed by atoms with Crippen molar-refractivity contribution in [1.29, 1.82) is 0 Å². The summed E-state index contributed by atoms with van der Waals surface area (Å²) in [7, 11) is 0. The van der Waals surface area contributed by atoms with Gasteiger partial charge < -0.3 is 5.32 Å². The fourth-order valence-corrected chi connectivity index (χ4v) is 1.98. The van der Waals surface area contributed by atoms with E-state index in [-0.39, 0.29) is 0 Å². The zero-order chi connectivity index (χ0) is 8.97. The van der Waals surface area contributed by atoms with Crippen molar-refractivity contribution >= 4 is 0 Å². The minimum absolute atomic E-state index is 0.707. The summed E-state index contributed by atoms with van der Waals surface area (Å²) in [6, 6.07) is 1.53. The van der Waals surface area contributed by atoms with Crippen LogP contribution < -0.4 is 5.32 Å². The Bertz CT molecular complexity index is 116. The van der Waals surface area contributed by atoms with E-state index in [4.69, 9.17) is 0 Å². The van der Waals surface area contributed by atoms with Crippen molar-refractivity contribution in [3.63, 3.8) is 0 Å². The fraction of sp³-hybridized carbons (Fsp3) is 1.00. The number of nitrogens with one attached hydrogen (secondary N) is 1. The van der Waals surface area contributed by atoms with Gasteiger partial charge in [-0.2, -0.15) is 0 Å².